The average molecular weight is 336 g/mol. The quantitative estimate of drug-likeness (QED) is 0.927. The lowest BCUT2D eigenvalue weighted by atomic mass is 9.96. The van der Waals surface area contributed by atoms with Crippen molar-refractivity contribution in [3.8, 4) is 0 Å². The fourth-order valence-electron chi connectivity index (χ4n) is 3.20. The standard InChI is InChI=1S/C21H24N2O2/c1-15-10-11-17(13-16(15)2)21(25)23-12-6-7-18(14-23)20(24)22-19-8-4-3-5-9-19/h3-5,8-11,13,18H,6-7,12,14H2,1-2H3,(H,22,24)/t18-/m1/s1. The highest BCUT2D eigenvalue weighted by molar-refractivity contribution is 5.96. The summed E-state index contributed by atoms with van der Waals surface area (Å²) in [5.41, 5.74) is 3.79. The first-order valence-electron chi connectivity index (χ1n) is 8.77. The minimum atomic E-state index is -0.163. The van der Waals surface area contributed by atoms with E-state index in [1.54, 1.807) is 0 Å². The average Bonchev–Trinajstić information content (AvgIpc) is 2.64. The molecule has 2 aromatic carbocycles. The van der Waals surface area contributed by atoms with E-state index in [1.165, 1.54) is 5.56 Å². The highest BCUT2D eigenvalue weighted by Gasteiger charge is 2.29. The van der Waals surface area contributed by atoms with Crippen molar-refractivity contribution in [3.05, 3.63) is 65.2 Å². The van der Waals surface area contributed by atoms with Gasteiger partial charge in [-0.25, -0.2) is 0 Å². The molecule has 2 aromatic rings. The third-order valence-corrected chi connectivity index (χ3v) is 4.87. The van der Waals surface area contributed by atoms with Gasteiger partial charge in [0.1, 0.15) is 0 Å². The van der Waals surface area contributed by atoms with Gasteiger partial charge in [0.25, 0.3) is 5.91 Å². The number of carbonyl (C=O) groups excluding carboxylic acids is 2. The lowest BCUT2D eigenvalue weighted by Gasteiger charge is -2.32. The number of carbonyl (C=O) groups is 2. The summed E-state index contributed by atoms with van der Waals surface area (Å²) in [7, 11) is 0. The van der Waals surface area contributed by atoms with Crippen LogP contribution in [0.25, 0.3) is 0 Å². The molecule has 4 nitrogen and oxygen atoms in total. The molecule has 0 aliphatic carbocycles. The van der Waals surface area contributed by atoms with Crippen LogP contribution >= 0.6 is 0 Å². The number of aryl methyl sites for hydroxylation is 2. The van der Waals surface area contributed by atoms with Gasteiger partial charge in [0.05, 0.1) is 5.92 Å². The molecule has 1 saturated heterocycles. The first-order valence-corrected chi connectivity index (χ1v) is 8.77. The number of likely N-dealkylation sites (tertiary alicyclic amines) is 1. The van der Waals surface area contributed by atoms with E-state index in [2.05, 4.69) is 5.32 Å². The van der Waals surface area contributed by atoms with Gasteiger partial charge in [-0.05, 0) is 62.1 Å². The summed E-state index contributed by atoms with van der Waals surface area (Å²) in [4.78, 5) is 27.1. The Morgan fingerprint density at radius 2 is 1.80 bits per heavy atom. The predicted molar refractivity (Wildman–Crippen MR) is 99.6 cm³/mol. The Labute approximate surface area is 148 Å². The molecule has 1 atom stereocenters. The number of benzene rings is 2. The van der Waals surface area contributed by atoms with Crippen LogP contribution in [-0.4, -0.2) is 29.8 Å². The van der Waals surface area contributed by atoms with E-state index in [-0.39, 0.29) is 17.7 Å². The molecule has 4 heteroatoms. The molecule has 1 aliphatic rings. The molecule has 1 aliphatic heterocycles. The van der Waals surface area contributed by atoms with Gasteiger partial charge in [0.2, 0.25) is 5.91 Å². The van der Waals surface area contributed by atoms with Gasteiger partial charge in [-0.2, -0.15) is 0 Å². The van der Waals surface area contributed by atoms with Crippen LogP contribution in [0.4, 0.5) is 5.69 Å². The van der Waals surface area contributed by atoms with E-state index in [9.17, 15) is 9.59 Å². The van der Waals surface area contributed by atoms with Crippen molar-refractivity contribution >= 4 is 17.5 Å². The van der Waals surface area contributed by atoms with Gasteiger partial charge in [0.15, 0.2) is 0 Å². The first-order chi connectivity index (χ1) is 12.0. The number of rotatable bonds is 3. The van der Waals surface area contributed by atoms with Crippen LogP contribution < -0.4 is 5.32 Å². The summed E-state index contributed by atoms with van der Waals surface area (Å²) in [6.07, 6.45) is 1.67. The van der Waals surface area contributed by atoms with Crippen molar-refractivity contribution in [2.24, 2.45) is 5.92 Å². The molecule has 0 radical (unpaired) electrons. The van der Waals surface area contributed by atoms with E-state index in [4.69, 9.17) is 0 Å². The Kier molecular flexibility index (Phi) is 5.17. The Balaban J connectivity index is 1.67. The second-order valence-corrected chi connectivity index (χ2v) is 6.74. The second-order valence-electron chi connectivity index (χ2n) is 6.74. The van der Waals surface area contributed by atoms with Gasteiger partial charge in [0, 0.05) is 24.3 Å². The number of nitrogens with zero attached hydrogens (tertiary/aromatic N) is 1. The highest BCUT2D eigenvalue weighted by atomic mass is 16.2. The van der Waals surface area contributed by atoms with Crippen LogP contribution in [0.15, 0.2) is 48.5 Å². The maximum atomic E-state index is 12.8. The molecule has 2 amide bonds. The van der Waals surface area contributed by atoms with Gasteiger partial charge < -0.3 is 10.2 Å². The van der Waals surface area contributed by atoms with Crippen LogP contribution in [0.2, 0.25) is 0 Å². The number of nitrogens with one attached hydrogen (secondary N) is 1. The number of piperidine rings is 1. The largest absolute Gasteiger partial charge is 0.338 e. The lowest BCUT2D eigenvalue weighted by molar-refractivity contribution is -0.121. The van der Waals surface area contributed by atoms with E-state index in [1.807, 2.05) is 67.3 Å². The van der Waals surface area contributed by atoms with Crippen LogP contribution in [0.1, 0.15) is 34.3 Å². The summed E-state index contributed by atoms with van der Waals surface area (Å²) in [6, 6.07) is 15.2. The smallest absolute Gasteiger partial charge is 0.253 e. The Morgan fingerprint density at radius 1 is 1.04 bits per heavy atom. The fraction of sp³-hybridized carbons (Fsp3) is 0.333. The van der Waals surface area contributed by atoms with Crippen molar-refractivity contribution in [2.75, 3.05) is 18.4 Å². The SMILES string of the molecule is Cc1ccc(C(=O)N2CCC[C@@H](C(=O)Nc3ccccc3)C2)cc1C. The Bertz CT molecular complexity index is 771. The molecule has 0 spiro atoms. The van der Waals surface area contributed by atoms with Crippen LogP contribution in [0.5, 0.6) is 0 Å². The number of para-hydroxylation sites is 1. The van der Waals surface area contributed by atoms with Crippen molar-refractivity contribution in [1.82, 2.24) is 4.90 Å². The topological polar surface area (TPSA) is 49.4 Å². The van der Waals surface area contributed by atoms with Crippen molar-refractivity contribution in [3.63, 3.8) is 0 Å². The summed E-state index contributed by atoms with van der Waals surface area (Å²) in [5.74, 6) is -0.159. The number of hydrogen-bond donors (Lipinski definition) is 1. The summed E-state index contributed by atoms with van der Waals surface area (Å²) < 4.78 is 0. The first kappa shape index (κ1) is 17.2. The summed E-state index contributed by atoms with van der Waals surface area (Å²) in [5, 5.41) is 2.95. The van der Waals surface area contributed by atoms with E-state index < -0.39 is 0 Å². The van der Waals surface area contributed by atoms with Crippen LogP contribution in [0, 0.1) is 19.8 Å². The zero-order chi connectivity index (χ0) is 17.8. The van der Waals surface area contributed by atoms with Crippen molar-refractivity contribution in [2.45, 2.75) is 26.7 Å². The lowest BCUT2D eigenvalue weighted by Crippen LogP contribution is -2.43. The van der Waals surface area contributed by atoms with E-state index in [0.717, 1.165) is 24.1 Å². The van der Waals surface area contributed by atoms with Crippen LogP contribution in [-0.2, 0) is 4.79 Å². The molecule has 1 fully saturated rings. The van der Waals surface area contributed by atoms with Gasteiger partial charge in [-0.15, -0.1) is 0 Å². The highest BCUT2D eigenvalue weighted by Crippen LogP contribution is 2.21. The monoisotopic (exact) mass is 336 g/mol. The summed E-state index contributed by atoms with van der Waals surface area (Å²) in [6.45, 7) is 5.23. The Morgan fingerprint density at radius 3 is 2.52 bits per heavy atom. The second kappa shape index (κ2) is 7.51. The fourth-order valence-corrected chi connectivity index (χ4v) is 3.20. The van der Waals surface area contributed by atoms with E-state index >= 15 is 0 Å². The molecule has 25 heavy (non-hydrogen) atoms. The number of anilines is 1. The number of amides is 2. The molecule has 130 valence electrons. The normalized spacial score (nSPS) is 17.2. The maximum absolute atomic E-state index is 12.8. The van der Waals surface area contributed by atoms with Gasteiger partial charge >= 0.3 is 0 Å². The molecule has 0 bridgehead atoms. The van der Waals surface area contributed by atoms with E-state index in [0.29, 0.717) is 18.7 Å². The molecule has 1 heterocycles. The molecule has 0 aromatic heterocycles. The summed E-state index contributed by atoms with van der Waals surface area (Å²) >= 11 is 0. The van der Waals surface area contributed by atoms with Crippen molar-refractivity contribution < 1.29 is 9.59 Å². The third kappa shape index (κ3) is 4.08. The zero-order valence-corrected chi connectivity index (χ0v) is 14.8. The number of hydrogen-bond acceptors (Lipinski definition) is 2. The molecule has 0 saturated carbocycles. The molecular formula is C21H24N2O2. The molecule has 3 rings (SSSR count). The molecule has 1 N–H and O–H groups in total. The van der Waals surface area contributed by atoms with Gasteiger partial charge in [-0.1, -0.05) is 24.3 Å². The van der Waals surface area contributed by atoms with Gasteiger partial charge in [-0.3, -0.25) is 9.59 Å². The Hall–Kier alpha value is -2.62. The van der Waals surface area contributed by atoms with Crippen LogP contribution in [0.3, 0.4) is 0 Å². The predicted octanol–water partition coefficient (Wildman–Crippen LogP) is 3.79. The minimum Gasteiger partial charge on any atom is -0.338 e. The maximum Gasteiger partial charge on any atom is 0.253 e. The molecular weight excluding hydrogens is 312 g/mol. The molecule has 0 unspecified atom stereocenters. The third-order valence-electron chi connectivity index (χ3n) is 4.87. The zero-order valence-electron chi connectivity index (χ0n) is 14.8. The van der Waals surface area contributed by atoms with Crippen molar-refractivity contribution in [1.29, 1.82) is 0 Å². The minimum absolute atomic E-state index is 0.0104.